The van der Waals surface area contributed by atoms with Crippen molar-refractivity contribution in [3.05, 3.63) is 64.6 Å². The van der Waals surface area contributed by atoms with Gasteiger partial charge in [-0.05, 0) is 36.2 Å². The highest BCUT2D eigenvalue weighted by atomic mass is 79.9. The van der Waals surface area contributed by atoms with Crippen LogP contribution in [0.15, 0.2) is 59.1 Å². The molecule has 2 aromatic carbocycles. The van der Waals surface area contributed by atoms with E-state index < -0.39 is 0 Å². The van der Waals surface area contributed by atoms with Crippen LogP contribution in [0, 0.1) is 0 Å². The number of hydrogen-bond acceptors (Lipinski definition) is 1. The van der Waals surface area contributed by atoms with Crippen LogP contribution in [-0.2, 0) is 0 Å². The van der Waals surface area contributed by atoms with E-state index in [0.717, 1.165) is 22.1 Å². The number of amides is 2. The Morgan fingerprint density at radius 2 is 1.75 bits per heavy atom. The van der Waals surface area contributed by atoms with Crippen LogP contribution in [-0.4, -0.2) is 6.03 Å². The van der Waals surface area contributed by atoms with Gasteiger partial charge in [-0.15, -0.1) is 0 Å². The van der Waals surface area contributed by atoms with E-state index in [1.807, 2.05) is 54.6 Å². The molecular weight excluding hydrogens is 316 g/mol. The predicted octanol–water partition coefficient (Wildman–Crippen LogP) is 4.72. The summed E-state index contributed by atoms with van der Waals surface area (Å²) in [6.07, 6.45) is 0.837. The molecule has 1 atom stereocenters. The zero-order chi connectivity index (χ0) is 14.4. The van der Waals surface area contributed by atoms with Crippen molar-refractivity contribution in [3.8, 4) is 0 Å². The third-order valence-electron chi connectivity index (χ3n) is 3.02. The Morgan fingerprint density at radius 1 is 1.10 bits per heavy atom. The Hall–Kier alpha value is -1.81. The van der Waals surface area contributed by atoms with Crippen LogP contribution in [0.4, 0.5) is 10.5 Å². The van der Waals surface area contributed by atoms with Crippen molar-refractivity contribution in [2.24, 2.45) is 0 Å². The number of anilines is 1. The molecule has 3 nitrogen and oxygen atoms in total. The fourth-order valence-electron chi connectivity index (χ4n) is 1.96. The Labute approximate surface area is 127 Å². The van der Waals surface area contributed by atoms with Crippen LogP contribution in [0.2, 0.25) is 0 Å². The van der Waals surface area contributed by atoms with E-state index in [9.17, 15) is 4.79 Å². The summed E-state index contributed by atoms with van der Waals surface area (Å²) in [5.74, 6) is 0. The number of hydrogen-bond donors (Lipinski definition) is 2. The van der Waals surface area contributed by atoms with Crippen LogP contribution >= 0.6 is 15.9 Å². The summed E-state index contributed by atoms with van der Waals surface area (Å²) in [6.45, 7) is 2.05. The second kappa shape index (κ2) is 7.10. The number of nitrogens with one attached hydrogen (secondary N) is 2. The van der Waals surface area contributed by atoms with Gasteiger partial charge in [0.15, 0.2) is 0 Å². The average Bonchev–Trinajstić information content (AvgIpc) is 2.47. The summed E-state index contributed by atoms with van der Waals surface area (Å²) >= 11 is 3.41. The van der Waals surface area contributed by atoms with Crippen molar-refractivity contribution in [1.82, 2.24) is 5.32 Å². The van der Waals surface area contributed by atoms with E-state index in [0.29, 0.717) is 0 Å². The lowest BCUT2D eigenvalue weighted by Crippen LogP contribution is -2.32. The fraction of sp³-hybridized carbons (Fsp3) is 0.188. The maximum atomic E-state index is 12.0. The minimum atomic E-state index is -0.189. The topological polar surface area (TPSA) is 41.1 Å². The zero-order valence-corrected chi connectivity index (χ0v) is 12.9. The molecule has 0 spiro atoms. The van der Waals surface area contributed by atoms with Gasteiger partial charge in [-0.1, -0.05) is 53.2 Å². The van der Waals surface area contributed by atoms with Crippen LogP contribution in [0.25, 0.3) is 0 Å². The lowest BCUT2D eigenvalue weighted by molar-refractivity contribution is 0.248. The normalized spacial score (nSPS) is 11.7. The molecule has 0 bridgehead atoms. The lowest BCUT2D eigenvalue weighted by Gasteiger charge is -2.18. The van der Waals surface area contributed by atoms with Gasteiger partial charge in [0.1, 0.15) is 0 Å². The van der Waals surface area contributed by atoms with Gasteiger partial charge in [-0.2, -0.15) is 0 Å². The van der Waals surface area contributed by atoms with E-state index in [-0.39, 0.29) is 12.1 Å². The van der Waals surface area contributed by atoms with Crippen molar-refractivity contribution in [3.63, 3.8) is 0 Å². The third kappa shape index (κ3) is 4.10. The molecule has 0 saturated heterocycles. The number of rotatable bonds is 4. The van der Waals surface area contributed by atoms with Gasteiger partial charge in [0.05, 0.1) is 6.04 Å². The quantitative estimate of drug-likeness (QED) is 0.835. The maximum absolute atomic E-state index is 12.0. The Kier molecular flexibility index (Phi) is 5.18. The molecule has 2 rings (SSSR count). The van der Waals surface area contributed by atoms with E-state index in [2.05, 4.69) is 33.5 Å². The minimum absolute atomic E-state index is 0.00631. The summed E-state index contributed by atoms with van der Waals surface area (Å²) in [4.78, 5) is 12.0. The van der Waals surface area contributed by atoms with Gasteiger partial charge < -0.3 is 10.6 Å². The Bertz CT molecular complexity index is 554. The van der Waals surface area contributed by atoms with Gasteiger partial charge in [0.2, 0.25) is 0 Å². The summed E-state index contributed by atoms with van der Waals surface area (Å²) < 4.78 is 1.03. The van der Waals surface area contributed by atoms with Gasteiger partial charge in [-0.3, -0.25) is 0 Å². The number of benzene rings is 2. The molecule has 0 unspecified atom stereocenters. The first-order chi connectivity index (χ1) is 9.69. The first-order valence-electron chi connectivity index (χ1n) is 6.57. The van der Waals surface area contributed by atoms with Crippen molar-refractivity contribution < 1.29 is 4.79 Å². The number of carbonyl (C=O) groups excluding carboxylic acids is 1. The van der Waals surface area contributed by atoms with Gasteiger partial charge in [0.25, 0.3) is 0 Å². The fourth-order valence-corrected chi connectivity index (χ4v) is 2.23. The predicted molar refractivity (Wildman–Crippen MR) is 85.8 cm³/mol. The second-order valence-electron chi connectivity index (χ2n) is 4.48. The first kappa shape index (κ1) is 14.6. The molecule has 0 saturated carbocycles. The average molecular weight is 333 g/mol. The molecule has 0 aliphatic heterocycles. The highest BCUT2D eigenvalue weighted by molar-refractivity contribution is 9.10. The summed E-state index contributed by atoms with van der Waals surface area (Å²) in [6, 6.07) is 17.2. The van der Waals surface area contributed by atoms with E-state index in [1.54, 1.807) is 0 Å². The highest BCUT2D eigenvalue weighted by Crippen LogP contribution is 2.19. The second-order valence-corrected chi connectivity index (χ2v) is 5.39. The standard InChI is InChI=1S/C16H17BrN2O/c1-2-15(12-8-10-13(17)11-9-12)19-16(20)18-14-6-4-3-5-7-14/h3-11,15H,2H2,1H3,(H2,18,19,20)/t15-/m0/s1. The van der Waals surface area contributed by atoms with Crippen LogP contribution in [0.5, 0.6) is 0 Å². The van der Waals surface area contributed by atoms with Gasteiger partial charge >= 0.3 is 6.03 Å². The Morgan fingerprint density at radius 3 is 2.35 bits per heavy atom. The van der Waals surface area contributed by atoms with Crippen LogP contribution < -0.4 is 10.6 Å². The molecule has 2 aromatic rings. The van der Waals surface area contributed by atoms with Crippen molar-refractivity contribution in [2.75, 3.05) is 5.32 Å². The maximum Gasteiger partial charge on any atom is 0.319 e. The molecule has 2 amide bonds. The van der Waals surface area contributed by atoms with Crippen molar-refractivity contribution >= 4 is 27.6 Å². The highest BCUT2D eigenvalue weighted by Gasteiger charge is 2.12. The molecule has 0 aromatic heterocycles. The van der Waals surface area contributed by atoms with Crippen LogP contribution in [0.1, 0.15) is 24.9 Å². The molecule has 4 heteroatoms. The smallest absolute Gasteiger partial charge is 0.319 e. The van der Waals surface area contributed by atoms with Gasteiger partial charge in [0, 0.05) is 10.2 Å². The van der Waals surface area contributed by atoms with Gasteiger partial charge in [-0.25, -0.2) is 4.79 Å². The van der Waals surface area contributed by atoms with E-state index in [1.165, 1.54) is 0 Å². The largest absolute Gasteiger partial charge is 0.331 e. The molecular formula is C16H17BrN2O. The monoisotopic (exact) mass is 332 g/mol. The van der Waals surface area contributed by atoms with Crippen molar-refractivity contribution in [2.45, 2.75) is 19.4 Å². The molecule has 0 aliphatic rings. The van der Waals surface area contributed by atoms with Crippen molar-refractivity contribution in [1.29, 1.82) is 0 Å². The SMILES string of the molecule is CC[C@H](NC(=O)Nc1ccccc1)c1ccc(Br)cc1. The first-order valence-corrected chi connectivity index (χ1v) is 7.36. The van der Waals surface area contributed by atoms with Crippen LogP contribution in [0.3, 0.4) is 0 Å². The molecule has 104 valence electrons. The summed E-state index contributed by atoms with van der Waals surface area (Å²) in [5, 5.41) is 5.81. The third-order valence-corrected chi connectivity index (χ3v) is 3.55. The Balaban J connectivity index is 1.99. The lowest BCUT2D eigenvalue weighted by atomic mass is 10.1. The molecule has 0 fully saturated rings. The zero-order valence-electron chi connectivity index (χ0n) is 11.3. The van der Waals surface area contributed by atoms with E-state index in [4.69, 9.17) is 0 Å². The van der Waals surface area contributed by atoms with E-state index >= 15 is 0 Å². The number of halogens is 1. The molecule has 2 N–H and O–H groups in total. The molecule has 0 aliphatic carbocycles. The number of urea groups is 1. The minimum Gasteiger partial charge on any atom is -0.331 e. The molecule has 20 heavy (non-hydrogen) atoms. The summed E-state index contributed by atoms with van der Waals surface area (Å²) in [5.41, 5.74) is 1.88. The number of carbonyl (C=O) groups is 1. The molecule has 0 radical (unpaired) electrons. The number of para-hydroxylation sites is 1. The molecule has 0 heterocycles. The summed E-state index contributed by atoms with van der Waals surface area (Å²) in [7, 11) is 0.